The predicted octanol–water partition coefficient (Wildman–Crippen LogP) is 3.22. The van der Waals surface area contributed by atoms with E-state index in [2.05, 4.69) is 32.3 Å². The molecule has 1 amide bonds. The Morgan fingerprint density at radius 1 is 1.20 bits per heavy atom. The summed E-state index contributed by atoms with van der Waals surface area (Å²) in [4.78, 5) is 23.3. The average Bonchev–Trinajstić information content (AvgIpc) is 3.53. The number of amides is 1. The minimum absolute atomic E-state index is 0.228. The van der Waals surface area contributed by atoms with E-state index in [4.69, 9.17) is 9.15 Å². The Morgan fingerprint density at radius 3 is 2.73 bits per heavy atom. The van der Waals surface area contributed by atoms with E-state index >= 15 is 0 Å². The van der Waals surface area contributed by atoms with Crippen molar-refractivity contribution in [2.45, 2.75) is 38.4 Å². The van der Waals surface area contributed by atoms with Crippen molar-refractivity contribution in [3.05, 3.63) is 77.8 Å². The van der Waals surface area contributed by atoms with Crippen LogP contribution in [0.4, 0.5) is 0 Å². The Morgan fingerprint density at radius 2 is 2.03 bits per heavy atom. The number of methoxy groups -OCH3 is 1. The number of hydrogen-bond acceptors (Lipinski definition) is 6. The van der Waals surface area contributed by atoms with Crippen molar-refractivity contribution in [2.24, 2.45) is 0 Å². The monoisotopic (exact) mass is 406 g/mol. The summed E-state index contributed by atoms with van der Waals surface area (Å²) in [6, 6.07) is 14.4. The summed E-state index contributed by atoms with van der Waals surface area (Å²) in [7, 11) is 1.67. The van der Waals surface area contributed by atoms with Gasteiger partial charge in [-0.3, -0.25) is 14.7 Å². The topological polar surface area (TPSA) is 80.5 Å². The van der Waals surface area contributed by atoms with Crippen molar-refractivity contribution in [1.29, 1.82) is 0 Å². The van der Waals surface area contributed by atoms with Gasteiger partial charge in [0.15, 0.2) is 5.69 Å². The molecule has 0 radical (unpaired) electrons. The van der Waals surface area contributed by atoms with Crippen LogP contribution in [0.25, 0.3) is 0 Å². The molecule has 156 valence electrons. The zero-order valence-corrected chi connectivity index (χ0v) is 17.1. The summed E-state index contributed by atoms with van der Waals surface area (Å²) in [5.41, 5.74) is 2.46. The molecule has 0 bridgehead atoms. The highest BCUT2D eigenvalue weighted by Gasteiger charge is 2.30. The maximum atomic E-state index is 12.4. The van der Waals surface area contributed by atoms with Crippen LogP contribution in [0.1, 0.15) is 40.5 Å². The first-order chi connectivity index (χ1) is 14.7. The second kappa shape index (κ2) is 9.54. The predicted molar refractivity (Wildman–Crippen MR) is 112 cm³/mol. The molecule has 0 atom stereocenters. The van der Waals surface area contributed by atoms with Gasteiger partial charge in [-0.2, -0.15) is 0 Å². The lowest BCUT2D eigenvalue weighted by Gasteiger charge is -2.20. The summed E-state index contributed by atoms with van der Waals surface area (Å²) in [6.07, 6.45) is 6.21. The Kier molecular flexibility index (Phi) is 6.39. The number of oxazole rings is 1. The molecule has 0 aliphatic heterocycles. The summed E-state index contributed by atoms with van der Waals surface area (Å²) in [6.45, 7) is 1.89. The van der Waals surface area contributed by atoms with Gasteiger partial charge in [0.2, 0.25) is 5.89 Å². The van der Waals surface area contributed by atoms with E-state index in [9.17, 15) is 4.79 Å². The van der Waals surface area contributed by atoms with Gasteiger partial charge in [0.1, 0.15) is 12.0 Å². The Hall–Kier alpha value is -3.19. The van der Waals surface area contributed by atoms with Crippen LogP contribution in [0.2, 0.25) is 0 Å². The zero-order chi connectivity index (χ0) is 20.8. The molecule has 0 spiro atoms. The number of pyridine rings is 1. The maximum Gasteiger partial charge on any atom is 0.273 e. The number of carbonyl (C=O) groups is 1. The van der Waals surface area contributed by atoms with Gasteiger partial charge >= 0.3 is 0 Å². The van der Waals surface area contributed by atoms with Crippen LogP contribution in [0.3, 0.4) is 0 Å². The standard InChI is InChI=1S/C23H26N4O3/c1-29-20-9-5-17(6-10-20)14-27(19-7-8-19)15-22-26-21(16-30-22)23(28)25-13-11-18-4-2-3-12-24-18/h2-6,9-10,12,16,19H,7-8,11,13-15H2,1H3,(H,25,28). The van der Waals surface area contributed by atoms with Gasteiger partial charge in [-0.25, -0.2) is 4.98 Å². The van der Waals surface area contributed by atoms with Gasteiger partial charge in [-0.1, -0.05) is 18.2 Å². The highest BCUT2D eigenvalue weighted by Crippen LogP contribution is 2.30. The lowest BCUT2D eigenvalue weighted by atomic mass is 10.2. The van der Waals surface area contributed by atoms with Crippen molar-refractivity contribution in [3.63, 3.8) is 0 Å². The molecule has 1 aliphatic carbocycles. The SMILES string of the molecule is COc1ccc(CN(Cc2nc(C(=O)NCCc3ccccn3)co2)C2CC2)cc1. The molecule has 2 heterocycles. The van der Waals surface area contributed by atoms with E-state index in [0.717, 1.165) is 18.0 Å². The van der Waals surface area contributed by atoms with Crippen molar-refractivity contribution in [2.75, 3.05) is 13.7 Å². The number of ether oxygens (including phenoxy) is 1. The summed E-state index contributed by atoms with van der Waals surface area (Å²) in [5.74, 6) is 1.18. The quantitative estimate of drug-likeness (QED) is 0.557. The molecular formula is C23H26N4O3. The van der Waals surface area contributed by atoms with Crippen LogP contribution in [0.15, 0.2) is 59.3 Å². The van der Waals surface area contributed by atoms with Crippen LogP contribution < -0.4 is 10.1 Å². The van der Waals surface area contributed by atoms with E-state index in [0.29, 0.717) is 37.1 Å². The fourth-order valence-corrected chi connectivity index (χ4v) is 3.32. The molecule has 2 aromatic heterocycles. The molecule has 4 rings (SSSR count). The first-order valence-corrected chi connectivity index (χ1v) is 10.2. The second-order valence-corrected chi connectivity index (χ2v) is 7.44. The number of aromatic nitrogens is 2. The van der Waals surface area contributed by atoms with E-state index in [-0.39, 0.29) is 5.91 Å². The van der Waals surface area contributed by atoms with Crippen LogP contribution >= 0.6 is 0 Å². The van der Waals surface area contributed by atoms with Crippen LogP contribution in [0.5, 0.6) is 5.75 Å². The molecule has 3 aromatic rings. The van der Waals surface area contributed by atoms with E-state index in [1.807, 2.05) is 30.3 Å². The molecule has 1 saturated carbocycles. The number of carbonyl (C=O) groups excluding carboxylic acids is 1. The molecule has 7 heteroatoms. The Bertz CT molecular complexity index is 952. The van der Waals surface area contributed by atoms with Crippen molar-refractivity contribution < 1.29 is 13.9 Å². The van der Waals surface area contributed by atoms with Gasteiger partial charge in [-0.15, -0.1) is 0 Å². The van der Waals surface area contributed by atoms with Crippen molar-refractivity contribution in [3.8, 4) is 5.75 Å². The maximum absolute atomic E-state index is 12.4. The van der Waals surface area contributed by atoms with Gasteiger partial charge < -0.3 is 14.5 Å². The molecule has 1 N–H and O–H groups in total. The normalized spacial score (nSPS) is 13.4. The molecule has 30 heavy (non-hydrogen) atoms. The average molecular weight is 406 g/mol. The van der Waals surface area contributed by atoms with Crippen molar-refractivity contribution in [1.82, 2.24) is 20.2 Å². The third kappa shape index (κ3) is 5.45. The highest BCUT2D eigenvalue weighted by atomic mass is 16.5. The zero-order valence-electron chi connectivity index (χ0n) is 17.1. The fourth-order valence-electron chi connectivity index (χ4n) is 3.32. The minimum Gasteiger partial charge on any atom is -0.497 e. The molecular weight excluding hydrogens is 380 g/mol. The van der Waals surface area contributed by atoms with E-state index in [1.165, 1.54) is 24.7 Å². The fraction of sp³-hybridized carbons (Fsp3) is 0.348. The Balaban J connectivity index is 1.31. The van der Waals surface area contributed by atoms with Crippen molar-refractivity contribution >= 4 is 5.91 Å². The molecule has 7 nitrogen and oxygen atoms in total. The minimum atomic E-state index is -0.228. The largest absolute Gasteiger partial charge is 0.497 e. The van der Waals surface area contributed by atoms with E-state index < -0.39 is 0 Å². The summed E-state index contributed by atoms with van der Waals surface area (Å²) >= 11 is 0. The van der Waals surface area contributed by atoms with Gasteiger partial charge in [0.25, 0.3) is 5.91 Å². The van der Waals surface area contributed by atoms with Crippen LogP contribution in [-0.2, 0) is 19.5 Å². The first-order valence-electron chi connectivity index (χ1n) is 10.2. The number of rotatable bonds is 10. The van der Waals surface area contributed by atoms with E-state index in [1.54, 1.807) is 13.3 Å². The van der Waals surface area contributed by atoms with Gasteiger partial charge in [0, 0.05) is 37.4 Å². The van der Waals surface area contributed by atoms with Gasteiger partial charge in [-0.05, 0) is 42.7 Å². The summed E-state index contributed by atoms with van der Waals surface area (Å²) in [5, 5.41) is 2.87. The highest BCUT2D eigenvalue weighted by molar-refractivity contribution is 5.91. The molecule has 1 fully saturated rings. The third-order valence-corrected chi connectivity index (χ3v) is 5.12. The third-order valence-electron chi connectivity index (χ3n) is 5.12. The summed E-state index contributed by atoms with van der Waals surface area (Å²) < 4.78 is 10.8. The number of hydrogen-bond donors (Lipinski definition) is 1. The smallest absolute Gasteiger partial charge is 0.273 e. The second-order valence-electron chi connectivity index (χ2n) is 7.44. The van der Waals surface area contributed by atoms with Crippen LogP contribution in [-0.4, -0.2) is 40.5 Å². The number of nitrogens with zero attached hydrogens (tertiary/aromatic N) is 3. The first kappa shape index (κ1) is 20.1. The molecule has 1 aromatic carbocycles. The molecule has 1 aliphatic rings. The lowest BCUT2D eigenvalue weighted by Crippen LogP contribution is -2.27. The number of nitrogens with one attached hydrogen (secondary N) is 1. The molecule has 0 unspecified atom stereocenters. The van der Waals surface area contributed by atoms with Crippen LogP contribution in [0, 0.1) is 0 Å². The van der Waals surface area contributed by atoms with Gasteiger partial charge in [0.05, 0.1) is 13.7 Å². The Labute approximate surface area is 176 Å². The number of benzene rings is 1. The molecule has 0 saturated heterocycles. The lowest BCUT2D eigenvalue weighted by molar-refractivity contribution is 0.0949.